The molecule has 1 atom stereocenters. The summed E-state index contributed by atoms with van der Waals surface area (Å²) in [4.78, 5) is 0. The Hall–Kier alpha value is -0.350. The molecular formula is C15H13Br2ClO. The quantitative estimate of drug-likeness (QED) is 0.576. The summed E-state index contributed by atoms with van der Waals surface area (Å²) in [6.45, 7) is 0.582. The van der Waals surface area contributed by atoms with Crippen LogP contribution < -0.4 is 0 Å². The second-order valence-corrected chi connectivity index (χ2v) is 6.14. The van der Waals surface area contributed by atoms with Gasteiger partial charge in [-0.2, -0.15) is 0 Å². The SMILES string of the molecule is Clc1ccc(C(CBr)OCc2cccc(Br)c2)cc1. The molecule has 4 heteroatoms. The van der Waals surface area contributed by atoms with E-state index in [1.165, 1.54) is 0 Å². The molecule has 19 heavy (non-hydrogen) atoms. The molecule has 0 aliphatic carbocycles. The third-order valence-corrected chi connectivity index (χ3v) is 4.06. The number of alkyl halides is 1. The van der Waals surface area contributed by atoms with Crippen LogP contribution >= 0.6 is 43.5 Å². The van der Waals surface area contributed by atoms with Crippen molar-refractivity contribution in [3.05, 3.63) is 69.2 Å². The van der Waals surface area contributed by atoms with E-state index in [2.05, 4.69) is 44.0 Å². The second-order valence-electron chi connectivity index (χ2n) is 4.14. The number of ether oxygens (including phenoxy) is 1. The molecule has 2 aromatic carbocycles. The van der Waals surface area contributed by atoms with Crippen LogP contribution in [0.15, 0.2) is 53.0 Å². The molecule has 100 valence electrons. The average Bonchev–Trinajstić information content (AvgIpc) is 2.41. The van der Waals surface area contributed by atoms with Crippen molar-refractivity contribution in [3.8, 4) is 0 Å². The maximum absolute atomic E-state index is 5.95. The van der Waals surface area contributed by atoms with Crippen molar-refractivity contribution in [1.29, 1.82) is 0 Å². The molecule has 0 spiro atoms. The molecule has 0 saturated carbocycles. The molecular weight excluding hydrogens is 391 g/mol. The standard InChI is InChI=1S/C15H13Br2ClO/c16-9-15(12-4-6-14(18)7-5-12)19-10-11-2-1-3-13(17)8-11/h1-8,15H,9-10H2. The fourth-order valence-electron chi connectivity index (χ4n) is 1.73. The molecule has 0 aliphatic rings. The van der Waals surface area contributed by atoms with Crippen molar-refractivity contribution in [3.63, 3.8) is 0 Å². The summed E-state index contributed by atoms with van der Waals surface area (Å²) in [5.74, 6) is 0. The summed E-state index contributed by atoms with van der Waals surface area (Å²) in [6.07, 6.45) is 0.0243. The molecule has 0 bridgehead atoms. The molecule has 1 nitrogen and oxygen atoms in total. The number of benzene rings is 2. The van der Waals surface area contributed by atoms with Crippen LogP contribution in [0, 0.1) is 0 Å². The van der Waals surface area contributed by atoms with Gasteiger partial charge >= 0.3 is 0 Å². The molecule has 2 rings (SSSR count). The van der Waals surface area contributed by atoms with Crippen LogP contribution in [-0.2, 0) is 11.3 Å². The number of halogens is 3. The third-order valence-electron chi connectivity index (χ3n) is 2.72. The summed E-state index contributed by atoms with van der Waals surface area (Å²) in [6, 6.07) is 15.9. The summed E-state index contributed by atoms with van der Waals surface area (Å²) < 4.78 is 7.01. The van der Waals surface area contributed by atoms with Gasteiger partial charge in [0.2, 0.25) is 0 Å². The zero-order valence-electron chi connectivity index (χ0n) is 10.2. The van der Waals surface area contributed by atoms with Crippen LogP contribution in [0.25, 0.3) is 0 Å². The fraction of sp³-hybridized carbons (Fsp3) is 0.200. The largest absolute Gasteiger partial charge is 0.368 e. The molecule has 0 amide bonds. The Labute approximate surface area is 135 Å². The van der Waals surface area contributed by atoms with Crippen LogP contribution in [0.4, 0.5) is 0 Å². The van der Waals surface area contributed by atoms with Gasteiger partial charge in [0.05, 0.1) is 12.7 Å². The van der Waals surface area contributed by atoms with E-state index in [-0.39, 0.29) is 6.10 Å². The number of hydrogen-bond donors (Lipinski definition) is 0. The smallest absolute Gasteiger partial charge is 0.0926 e. The Morgan fingerprint density at radius 2 is 1.84 bits per heavy atom. The average molecular weight is 405 g/mol. The van der Waals surface area contributed by atoms with E-state index in [1.54, 1.807) is 0 Å². The molecule has 0 heterocycles. The van der Waals surface area contributed by atoms with Crippen LogP contribution in [0.2, 0.25) is 5.02 Å². The minimum atomic E-state index is 0.0243. The lowest BCUT2D eigenvalue weighted by Gasteiger charge is -2.16. The zero-order valence-corrected chi connectivity index (χ0v) is 14.1. The predicted octanol–water partition coefficient (Wildman–Crippen LogP) is 5.76. The predicted molar refractivity (Wildman–Crippen MR) is 86.9 cm³/mol. The third kappa shape index (κ3) is 4.60. The molecule has 2 aromatic rings. The van der Waals surface area contributed by atoms with Crippen molar-refractivity contribution in [1.82, 2.24) is 0 Å². The first kappa shape index (κ1) is 15.0. The van der Waals surface area contributed by atoms with Crippen LogP contribution in [0.3, 0.4) is 0 Å². The van der Waals surface area contributed by atoms with E-state index >= 15 is 0 Å². The highest BCUT2D eigenvalue weighted by Gasteiger charge is 2.10. The highest BCUT2D eigenvalue weighted by molar-refractivity contribution is 9.10. The van der Waals surface area contributed by atoms with E-state index in [4.69, 9.17) is 16.3 Å². The Bertz CT molecular complexity index is 528. The lowest BCUT2D eigenvalue weighted by Crippen LogP contribution is -2.05. The summed E-state index contributed by atoms with van der Waals surface area (Å²) in [5.41, 5.74) is 2.27. The lowest BCUT2D eigenvalue weighted by molar-refractivity contribution is 0.0566. The van der Waals surface area contributed by atoms with Crippen molar-refractivity contribution in [2.24, 2.45) is 0 Å². The van der Waals surface area contributed by atoms with Crippen LogP contribution in [0.5, 0.6) is 0 Å². The Balaban J connectivity index is 2.01. The first-order chi connectivity index (χ1) is 9.19. The molecule has 0 fully saturated rings. The highest BCUT2D eigenvalue weighted by atomic mass is 79.9. The zero-order chi connectivity index (χ0) is 13.7. The first-order valence-corrected chi connectivity index (χ1v) is 8.16. The summed E-state index contributed by atoms with van der Waals surface area (Å²) in [5, 5.41) is 1.49. The van der Waals surface area contributed by atoms with E-state index in [9.17, 15) is 0 Å². The van der Waals surface area contributed by atoms with Gasteiger partial charge in [0.1, 0.15) is 0 Å². The summed E-state index contributed by atoms with van der Waals surface area (Å²) >= 11 is 12.8. The van der Waals surface area contributed by atoms with E-state index in [1.807, 2.05) is 36.4 Å². The van der Waals surface area contributed by atoms with Gasteiger partial charge in [-0.15, -0.1) is 0 Å². The van der Waals surface area contributed by atoms with E-state index < -0.39 is 0 Å². The molecule has 0 N–H and O–H groups in total. The van der Waals surface area contributed by atoms with Crippen molar-refractivity contribution < 1.29 is 4.74 Å². The van der Waals surface area contributed by atoms with Crippen molar-refractivity contribution >= 4 is 43.5 Å². The number of rotatable bonds is 5. The van der Waals surface area contributed by atoms with Gasteiger partial charge in [0, 0.05) is 14.8 Å². The normalized spacial score (nSPS) is 12.4. The van der Waals surface area contributed by atoms with Gasteiger partial charge < -0.3 is 4.74 Å². The monoisotopic (exact) mass is 402 g/mol. The fourth-order valence-corrected chi connectivity index (χ4v) is 2.86. The van der Waals surface area contributed by atoms with Gasteiger partial charge in [0.25, 0.3) is 0 Å². The summed E-state index contributed by atoms with van der Waals surface area (Å²) in [7, 11) is 0. The Kier molecular flexibility index (Phi) is 5.89. The first-order valence-electron chi connectivity index (χ1n) is 5.86. The van der Waals surface area contributed by atoms with Gasteiger partial charge in [0.15, 0.2) is 0 Å². The molecule has 0 saturated heterocycles. The van der Waals surface area contributed by atoms with E-state index in [0.717, 1.165) is 26.0 Å². The van der Waals surface area contributed by atoms with Gasteiger partial charge in [-0.05, 0) is 35.4 Å². The van der Waals surface area contributed by atoms with Gasteiger partial charge in [-0.1, -0.05) is 67.7 Å². The minimum absolute atomic E-state index is 0.0243. The maximum atomic E-state index is 5.95. The van der Waals surface area contributed by atoms with Crippen LogP contribution in [-0.4, -0.2) is 5.33 Å². The maximum Gasteiger partial charge on any atom is 0.0926 e. The molecule has 1 unspecified atom stereocenters. The second kappa shape index (κ2) is 7.44. The molecule has 0 aliphatic heterocycles. The van der Waals surface area contributed by atoms with Gasteiger partial charge in [-0.3, -0.25) is 0 Å². The Morgan fingerprint density at radius 1 is 1.11 bits per heavy atom. The van der Waals surface area contributed by atoms with Gasteiger partial charge in [-0.25, -0.2) is 0 Å². The number of hydrogen-bond acceptors (Lipinski definition) is 1. The topological polar surface area (TPSA) is 9.23 Å². The van der Waals surface area contributed by atoms with E-state index in [0.29, 0.717) is 6.61 Å². The van der Waals surface area contributed by atoms with Crippen molar-refractivity contribution in [2.45, 2.75) is 12.7 Å². The minimum Gasteiger partial charge on any atom is -0.368 e. The molecule has 0 radical (unpaired) electrons. The van der Waals surface area contributed by atoms with Crippen LogP contribution in [0.1, 0.15) is 17.2 Å². The van der Waals surface area contributed by atoms with Crippen molar-refractivity contribution in [2.75, 3.05) is 5.33 Å². The molecule has 0 aromatic heterocycles. The highest BCUT2D eigenvalue weighted by Crippen LogP contribution is 2.23. The lowest BCUT2D eigenvalue weighted by atomic mass is 10.1. The Morgan fingerprint density at radius 3 is 2.47 bits per heavy atom.